The second-order valence-electron chi connectivity index (χ2n) is 8.96. The molecule has 2 aromatic carbocycles. The van der Waals surface area contributed by atoms with Gasteiger partial charge in [-0.15, -0.1) is 5.10 Å². The Morgan fingerprint density at radius 2 is 2.00 bits per heavy atom. The number of para-hydroxylation sites is 1. The third kappa shape index (κ3) is 4.77. The predicted octanol–water partition coefficient (Wildman–Crippen LogP) is 3.28. The van der Waals surface area contributed by atoms with Gasteiger partial charge in [0.15, 0.2) is 0 Å². The van der Waals surface area contributed by atoms with Crippen LogP contribution in [0.3, 0.4) is 0 Å². The number of carbonyl (C=O) groups excluding carboxylic acids is 1. The van der Waals surface area contributed by atoms with E-state index in [4.69, 9.17) is 0 Å². The molecule has 1 fully saturated rings. The largest absolute Gasteiger partial charge is 0.351 e. The maximum Gasteiger partial charge on any atom is 0.251 e. The molecule has 1 saturated carbocycles. The summed E-state index contributed by atoms with van der Waals surface area (Å²) < 4.78 is 1.71. The number of likely N-dealkylation sites (N-methyl/N-ethyl adjacent to an activating group) is 1. The molecular formula is C25H31N7O. The van der Waals surface area contributed by atoms with Gasteiger partial charge in [-0.25, -0.2) is 10.1 Å². The van der Waals surface area contributed by atoms with Gasteiger partial charge in [-0.05, 0) is 44.2 Å². The summed E-state index contributed by atoms with van der Waals surface area (Å²) in [5, 5.41) is 11.7. The third-order valence-electron chi connectivity index (χ3n) is 6.75. The molecule has 1 aromatic heterocycles. The number of benzene rings is 2. The van der Waals surface area contributed by atoms with Crippen LogP contribution in [0, 0.1) is 0 Å². The van der Waals surface area contributed by atoms with Gasteiger partial charge in [-0.2, -0.15) is 0 Å². The lowest BCUT2D eigenvalue weighted by Gasteiger charge is -2.31. The second-order valence-corrected chi connectivity index (χ2v) is 8.96. The van der Waals surface area contributed by atoms with Crippen LogP contribution < -0.4 is 16.2 Å². The minimum Gasteiger partial charge on any atom is -0.351 e. The molecule has 0 radical (unpaired) electrons. The fourth-order valence-corrected chi connectivity index (χ4v) is 4.80. The lowest BCUT2D eigenvalue weighted by molar-refractivity contribution is 0.0944. The Morgan fingerprint density at radius 3 is 2.88 bits per heavy atom. The van der Waals surface area contributed by atoms with Crippen molar-refractivity contribution in [1.82, 2.24) is 30.6 Å². The fraction of sp³-hybridized carbons (Fsp3) is 0.400. The molecule has 8 nitrogen and oxygen atoms in total. The van der Waals surface area contributed by atoms with Crippen molar-refractivity contribution in [2.75, 3.05) is 25.6 Å². The first kappa shape index (κ1) is 21.6. The lowest BCUT2D eigenvalue weighted by Crippen LogP contribution is -2.39. The van der Waals surface area contributed by atoms with E-state index < -0.39 is 0 Å². The maximum atomic E-state index is 12.7. The van der Waals surface area contributed by atoms with Gasteiger partial charge in [0, 0.05) is 30.3 Å². The number of amides is 1. The smallest absolute Gasteiger partial charge is 0.251 e. The van der Waals surface area contributed by atoms with Crippen LogP contribution in [0.2, 0.25) is 0 Å². The summed E-state index contributed by atoms with van der Waals surface area (Å²) >= 11 is 0. The quantitative estimate of drug-likeness (QED) is 0.517. The standard InChI is InChI=1S/C25H31N7O/c1-31(19-9-3-2-4-10-19)15-14-26-25(33)18-8-7-11-20(16-18)32-17-23(28-30-32)24-21-12-5-6-13-22(21)27-29-24/h5-8,11-13,16-17,19,24,27,29H,2-4,9-10,14-15H2,1H3,(H,26,33). The zero-order chi connectivity index (χ0) is 22.6. The molecule has 2 heterocycles. The summed E-state index contributed by atoms with van der Waals surface area (Å²) in [6.45, 7) is 1.51. The Morgan fingerprint density at radius 1 is 1.15 bits per heavy atom. The highest BCUT2D eigenvalue weighted by molar-refractivity contribution is 5.94. The van der Waals surface area contributed by atoms with E-state index in [9.17, 15) is 4.79 Å². The molecule has 2 aliphatic rings. The van der Waals surface area contributed by atoms with Crippen molar-refractivity contribution in [2.45, 2.75) is 44.2 Å². The highest BCUT2D eigenvalue weighted by atomic mass is 16.1. The predicted molar refractivity (Wildman–Crippen MR) is 128 cm³/mol. The van der Waals surface area contributed by atoms with Crippen molar-refractivity contribution in [3.63, 3.8) is 0 Å². The van der Waals surface area contributed by atoms with Crippen molar-refractivity contribution in [1.29, 1.82) is 0 Å². The van der Waals surface area contributed by atoms with Crippen molar-refractivity contribution in [3.05, 3.63) is 71.5 Å². The summed E-state index contributed by atoms with van der Waals surface area (Å²) in [4.78, 5) is 15.1. The molecule has 172 valence electrons. The van der Waals surface area contributed by atoms with Gasteiger partial charge in [0.25, 0.3) is 5.91 Å². The van der Waals surface area contributed by atoms with Crippen LogP contribution in [0.25, 0.3) is 5.69 Å². The molecule has 1 aliphatic heterocycles. The molecule has 0 spiro atoms. The first-order chi connectivity index (χ1) is 16.2. The van der Waals surface area contributed by atoms with E-state index in [1.54, 1.807) is 4.68 Å². The van der Waals surface area contributed by atoms with E-state index in [-0.39, 0.29) is 11.9 Å². The number of aromatic nitrogens is 3. The minimum atomic E-state index is -0.0671. The number of hydrazine groups is 1. The maximum absolute atomic E-state index is 12.7. The topological polar surface area (TPSA) is 87.1 Å². The zero-order valence-electron chi connectivity index (χ0n) is 19.0. The van der Waals surface area contributed by atoms with Crippen LogP contribution in [0.1, 0.15) is 59.8 Å². The highest BCUT2D eigenvalue weighted by Crippen LogP contribution is 2.31. The Hall–Kier alpha value is -3.23. The normalized spacial score (nSPS) is 18.2. The first-order valence-electron chi connectivity index (χ1n) is 11.8. The van der Waals surface area contributed by atoms with Gasteiger partial charge in [-0.3, -0.25) is 4.79 Å². The number of hydrogen-bond donors (Lipinski definition) is 3. The van der Waals surface area contributed by atoms with Gasteiger partial charge < -0.3 is 15.6 Å². The van der Waals surface area contributed by atoms with Crippen molar-refractivity contribution in [3.8, 4) is 5.69 Å². The Kier molecular flexibility index (Phi) is 6.37. The minimum absolute atomic E-state index is 0.0650. The van der Waals surface area contributed by atoms with E-state index >= 15 is 0 Å². The Labute approximate surface area is 194 Å². The zero-order valence-corrected chi connectivity index (χ0v) is 19.0. The van der Waals surface area contributed by atoms with Crippen LogP contribution >= 0.6 is 0 Å². The number of carbonyl (C=O) groups is 1. The van der Waals surface area contributed by atoms with Crippen LogP contribution in [0.4, 0.5) is 5.69 Å². The number of nitrogens with one attached hydrogen (secondary N) is 3. The molecule has 8 heteroatoms. The molecule has 3 aromatic rings. The Balaban J connectivity index is 1.21. The van der Waals surface area contributed by atoms with Gasteiger partial charge in [0.1, 0.15) is 5.69 Å². The lowest BCUT2D eigenvalue weighted by atomic mass is 9.94. The van der Waals surface area contributed by atoms with Gasteiger partial charge >= 0.3 is 0 Å². The molecule has 1 atom stereocenters. The molecule has 3 N–H and O–H groups in total. The molecule has 5 rings (SSSR count). The van der Waals surface area contributed by atoms with Gasteiger partial charge in [0.2, 0.25) is 0 Å². The molecule has 1 amide bonds. The van der Waals surface area contributed by atoms with Crippen LogP contribution in [-0.4, -0.2) is 52.0 Å². The van der Waals surface area contributed by atoms with E-state index in [0.29, 0.717) is 18.2 Å². The first-order valence-corrected chi connectivity index (χ1v) is 11.8. The van der Waals surface area contributed by atoms with E-state index in [0.717, 1.165) is 29.2 Å². The molecule has 0 saturated heterocycles. The van der Waals surface area contributed by atoms with Crippen molar-refractivity contribution >= 4 is 11.6 Å². The molecule has 1 unspecified atom stereocenters. The molecular weight excluding hydrogens is 414 g/mol. The van der Waals surface area contributed by atoms with Crippen molar-refractivity contribution < 1.29 is 4.79 Å². The summed E-state index contributed by atoms with van der Waals surface area (Å²) in [7, 11) is 2.16. The van der Waals surface area contributed by atoms with E-state index in [1.165, 1.54) is 32.1 Å². The van der Waals surface area contributed by atoms with Crippen LogP contribution in [-0.2, 0) is 0 Å². The number of rotatable bonds is 7. The summed E-state index contributed by atoms with van der Waals surface area (Å²) in [5.41, 5.74) is 10.9. The van der Waals surface area contributed by atoms with E-state index in [1.807, 2.05) is 48.7 Å². The fourth-order valence-electron chi connectivity index (χ4n) is 4.80. The summed E-state index contributed by atoms with van der Waals surface area (Å²) in [6, 6.07) is 16.2. The van der Waals surface area contributed by atoms with E-state index in [2.05, 4.69) is 44.5 Å². The SMILES string of the molecule is CN(CCNC(=O)c1cccc(-n2cc(C3NNc4ccccc43)nn2)c1)C1CCCCC1. The van der Waals surface area contributed by atoms with Gasteiger partial charge in [0.05, 0.1) is 23.6 Å². The summed E-state index contributed by atoms with van der Waals surface area (Å²) in [6.07, 6.45) is 8.43. The van der Waals surface area contributed by atoms with Crippen molar-refractivity contribution in [2.24, 2.45) is 0 Å². The number of fused-ring (bicyclic) bond motifs is 1. The number of hydrogen-bond acceptors (Lipinski definition) is 6. The molecule has 1 aliphatic carbocycles. The number of anilines is 1. The van der Waals surface area contributed by atoms with Crippen LogP contribution in [0.5, 0.6) is 0 Å². The summed E-state index contributed by atoms with van der Waals surface area (Å²) in [5.74, 6) is -0.0650. The third-order valence-corrected chi connectivity index (χ3v) is 6.75. The monoisotopic (exact) mass is 445 g/mol. The van der Waals surface area contributed by atoms with Crippen LogP contribution in [0.15, 0.2) is 54.7 Å². The number of nitrogens with zero attached hydrogens (tertiary/aromatic N) is 4. The molecule has 33 heavy (non-hydrogen) atoms. The average Bonchev–Trinajstić information content (AvgIpc) is 3.52. The molecule has 0 bridgehead atoms. The second kappa shape index (κ2) is 9.72. The van der Waals surface area contributed by atoms with Gasteiger partial charge in [-0.1, -0.05) is 48.7 Å². The Bertz CT molecular complexity index is 1110. The highest BCUT2D eigenvalue weighted by Gasteiger charge is 2.25. The average molecular weight is 446 g/mol.